The van der Waals surface area contributed by atoms with E-state index in [2.05, 4.69) is 21.2 Å². The van der Waals surface area contributed by atoms with Gasteiger partial charge in [0.05, 0.1) is 5.69 Å². The first-order chi connectivity index (χ1) is 8.38. The molecular weight excluding hydrogens is 305 g/mol. The minimum absolute atomic E-state index is 0.0435. The van der Waals surface area contributed by atoms with Crippen molar-refractivity contribution in [3.05, 3.63) is 28.5 Å². The van der Waals surface area contributed by atoms with Gasteiger partial charge in [-0.2, -0.15) is 0 Å². The number of anilines is 1. The Balaban J connectivity index is 2.56. The summed E-state index contributed by atoms with van der Waals surface area (Å²) in [5.74, 6) is -2.18. The lowest BCUT2D eigenvalue weighted by Gasteiger charge is -2.10. The average molecular weight is 318 g/mol. The number of nitrogens with one attached hydrogen (secondary N) is 1. The minimum Gasteiger partial charge on any atom is -0.481 e. The fourth-order valence-electron chi connectivity index (χ4n) is 1.48. The molecule has 1 amide bonds. The van der Waals surface area contributed by atoms with Crippen molar-refractivity contribution in [1.29, 1.82) is 0 Å². The number of benzene rings is 1. The molecule has 0 radical (unpaired) electrons. The van der Waals surface area contributed by atoms with Gasteiger partial charge in [0.25, 0.3) is 0 Å². The average Bonchev–Trinajstić information content (AvgIpc) is 2.20. The topological polar surface area (TPSA) is 66.4 Å². The summed E-state index contributed by atoms with van der Waals surface area (Å²) in [7, 11) is 0. The van der Waals surface area contributed by atoms with Crippen LogP contribution in [0.4, 0.5) is 10.1 Å². The second kappa shape index (κ2) is 6.49. The van der Waals surface area contributed by atoms with Crippen LogP contribution in [0.2, 0.25) is 0 Å². The van der Waals surface area contributed by atoms with Crippen molar-refractivity contribution >= 4 is 33.5 Å². The van der Waals surface area contributed by atoms with Gasteiger partial charge in [0.1, 0.15) is 5.82 Å². The Morgan fingerprint density at radius 3 is 2.67 bits per heavy atom. The van der Waals surface area contributed by atoms with Crippen LogP contribution in [0.5, 0.6) is 0 Å². The number of hydrogen-bond donors (Lipinski definition) is 2. The van der Waals surface area contributed by atoms with Crippen molar-refractivity contribution < 1.29 is 19.1 Å². The molecule has 0 fully saturated rings. The molecule has 1 aromatic carbocycles. The van der Waals surface area contributed by atoms with E-state index in [9.17, 15) is 14.0 Å². The van der Waals surface area contributed by atoms with Gasteiger partial charge >= 0.3 is 5.97 Å². The predicted molar refractivity (Wildman–Crippen MR) is 68.8 cm³/mol. The summed E-state index contributed by atoms with van der Waals surface area (Å²) in [5.41, 5.74) is 0.0886. The van der Waals surface area contributed by atoms with E-state index in [-0.39, 0.29) is 24.4 Å². The molecule has 0 spiro atoms. The Morgan fingerprint density at radius 2 is 2.11 bits per heavy atom. The van der Waals surface area contributed by atoms with Crippen LogP contribution in [0.15, 0.2) is 22.7 Å². The largest absolute Gasteiger partial charge is 0.481 e. The van der Waals surface area contributed by atoms with E-state index < -0.39 is 17.7 Å². The molecule has 1 aromatic rings. The van der Waals surface area contributed by atoms with Crippen molar-refractivity contribution in [2.75, 3.05) is 5.32 Å². The molecule has 18 heavy (non-hydrogen) atoms. The summed E-state index contributed by atoms with van der Waals surface area (Å²) in [6, 6.07) is 4.30. The van der Waals surface area contributed by atoms with Gasteiger partial charge in [-0.25, -0.2) is 4.39 Å². The van der Waals surface area contributed by atoms with Crippen molar-refractivity contribution in [3.8, 4) is 0 Å². The van der Waals surface area contributed by atoms with Gasteiger partial charge in [-0.1, -0.05) is 22.9 Å². The second-order valence-corrected chi connectivity index (χ2v) is 5.00. The Labute approximate surface area is 112 Å². The van der Waals surface area contributed by atoms with E-state index >= 15 is 0 Å². The van der Waals surface area contributed by atoms with Crippen LogP contribution in [-0.2, 0) is 9.59 Å². The number of aliphatic carboxylic acids is 1. The first-order valence-electron chi connectivity index (χ1n) is 5.35. The lowest BCUT2D eigenvalue weighted by molar-refractivity contribution is -0.138. The van der Waals surface area contributed by atoms with Crippen LogP contribution in [0.25, 0.3) is 0 Å². The fourth-order valence-corrected chi connectivity index (χ4v) is 1.81. The summed E-state index contributed by atoms with van der Waals surface area (Å²) < 4.78 is 14.0. The third-order valence-corrected chi connectivity index (χ3v) is 2.76. The Morgan fingerprint density at radius 1 is 1.44 bits per heavy atom. The zero-order chi connectivity index (χ0) is 13.7. The van der Waals surface area contributed by atoms with Crippen LogP contribution in [0, 0.1) is 11.7 Å². The SMILES string of the molecule is C[C@H](CC(=O)O)CC(=O)Nc1ccc(Br)cc1F. The smallest absolute Gasteiger partial charge is 0.303 e. The molecule has 0 aliphatic rings. The summed E-state index contributed by atoms with van der Waals surface area (Å²) >= 11 is 3.11. The zero-order valence-corrected chi connectivity index (χ0v) is 11.3. The first-order valence-corrected chi connectivity index (χ1v) is 6.14. The van der Waals surface area contributed by atoms with E-state index in [4.69, 9.17) is 5.11 Å². The van der Waals surface area contributed by atoms with E-state index in [1.54, 1.807) is 13.0 Å². The minimum atomic E-state index is -0.954. The molecular formula is C12H13BrFNO3. The van der Waals surface area contributed by atoms with Gasteiger partial charge in [-0.05, 0) is 24.1 Å². The molecule has 1 rings (SSSR count). The van der Waals surface area contributed by atoms with Gasteiger partial charge < -0.3 is 10.4 Å². The maximum Gasteiger partial charge on any atom is 0.303 e. The molecule has 4 nitrogen and oxygen atoms in total. The van der Waals surface area contributed by atoms with Crippen molar-refractivity contribution in [3.63, 3.8) is 0 Å². The maximum absolute atomic E-state index is 13.4. The number of carboxylic acids is 1. The molecule has 0 saturated heterocycles. The molecule has 0 aliphatic carbocycles. The van der Waals surface area contributed by atoms with Gasteiger partial charge in [0.15, 0.2) is 0 Å². The lowest BCUT2D eigenvalue weighted by Crippen LogP contribution is -2.17. The van der Waals surface area contributed by atoms with E-state index in [0.717, 1.165) is 0 Å². The van der Waals surface area contributed by atoms with Gasteiger partial charge in [0, 0.05) is 17.3 Å². The number of hydrogen-bond acceptors (Lipinski definition) is 2. The third-order valence-electron chi connectivity index (χ3n) is 2.26. The summed E-state index contributed by atoms with van der Waals surface area (Å²) in [5, 5.41) is 11.0. The molecule has 0 heterocycles. The predicted octanol–water partition coefficient (Wildman–Crippen LogP) is 3.03. The maximum atomic E-state index is 13.4. The second-order valence-electron chi connectivity index (χ2n) is 4.08. The molecule has 1 atom stereocenters. The summed E-state index contributed by atoms with van der Waals surface area (Å²) in [6.07, 6.45) is -0.0436. The van der Waals surface area contributed by atoms with E-state index in [0.29, 0.717) is 4.47 Å². The molecule has 2 N–H and O–H groups in total. The standard InChI is InChI=1S/C12H13BrFNO3/c1-7(5-12(17)18)4-11(16)15-10-3-2-8(13)6-9(10)14/h2-3,6-7H,4-5H2,1H3,(H,15,16)(H,17,18)/t7-/m0/s1. The molecule has 0 aliphatic heterocycles. The van der Waals surface area contributed by atoms with Crippen LogP contribution in [-0.4, -0.2) is 17.0 Å². The molecule has 98 valence electrons. The Kier molecular flexibility index (Phi) is 5.27. The van der Waals surface area contributed by atoms with E-state index in [1.165, 1.54) is 12.1 Å². The fraction of sp³-hybridized carbons (Fsp3) is 0.333. The third kappa shape index (κ3) is 4.83. The molecule has 0 unspecified atom stereocenters. The van der Waals surface area contributed by atoms with Crippen LogP contribution in [0.3, 0.4) is 0 Å². The number of carboxylic acid groups (broad SMARTS) is 1. The van der Waals surface area contributed by atoms with Crippen LogP contribution < -0.4 is 5.32 Å². The van der Waals surface area contributed by atoms with Crippen molar-refractivity contribution in [2.45, 2.75) is 19.8 Å². The van der Waals surface area contributed by atoms with Crippen LogP contribution in [0.1, 0.15) is 19.8 Å². The monoisotopic (exact) mass is 317 g/mol. The normalized spacial score (nSPS) is 11.9. The van der Waals surface area contributed by atoms with Gasteiger partial charge in [-0.3, -0.25) is 9.59 Å². The highest BCUT2D eigenvalue weighted by Gasteiger charge is 2.14. The first kappa shape index (κ1) is 14.6. The molecule has 0 aromatic heterocycles. The molecule has 0 bridgehead atoms. The number of rotatable bonds is 5. The molecule has 0 saturated carbocycles. The van der Waals surface area contributed by atoms with Gasteiger partial charge in [0.2, 0.25) is 5.91 Å². The van der Waals surface area contributed by atoms with Crippen LogP contribution >= 0.6 is 15.9 Å². The lowest BCUT2D eigenvalue weighted by atomic mass is 10.0. The number of halogens is 2. The Bertz CT molecular complexity index is 465. The summed E-state index contributed by atoms with van der Waals surface area (Å²) in [6.45, 7) is 1.66. The quantitative estimate of drug-likeness (QED) is 0.877. The van der Waals surface area contributed by atoms with Crippen molar-refractivity contribution in [2.24, 2.45) is 5.92 Å². The number of carbonyl (C=O) groups is 2. The number of carbonyl (C=O) groups excluding carboxylic acids is 1. The van der Waals surface area contributed by atoms with Crippen molar-refractivity contribution in [1.82, 2.24) is 0 Å². The number of amides is 1. The highest BCUT2D eigenvalue weighted by molar-refractivity contribution is 9.10. The highest BCUT2D eigenvalue weighted by atomic mass is 79.9. The van der Waals surface area contributed by atoms with E-state index in [1.807, 2.05) is 0 Å². The highest BCUT2D eigenvalue weighted by Crippen LogP contribution is 2.20. The van der Waals surface area contributed by atoms with Gasteiger partial charge in [-0.15, -0.1) is 0 Å². The zero-order valence-electron chi connectivity index (χ0n) is 9.74. The Hall–Kier alpha value is -1.43. The molecule has 6 heteroatoms. The summed E-state index contributed by atoms with van der Waals surface area (Å²) in [4.78, 5) is 22.0.